The van der Waals surface area contributed by atoms with E-state index in [1.165, 1.54) is 43.5 Å². The Labute approximate surface area is 115 Å². The highest BCUT2D eigenvalue weighted by Gasteiger charge is 2.13. The summed E-state index contributed by atoms with van der Waals surface area (Å²) in [5.41, 5.74) is 0.430. The van der Waals surface area contributed by atoms with Gasteiger partial charge in [-0.25, -0.2) is 9.59 Å². The van der Waals surface area contributed by atoms with Crippen LogP contribution in [0.2, 0.25) is 0 Å². The summed E-state index contributed by atoms with van der Waals surface area (Å²) in [5, 5.41) is 9.55. The van der Waals surface area contributed by atoms with Crippen molar-refractivity contribution >= 4 is 11.9 Å². The van der Waals surface area contributed by atoms with Gasteiger partial charge >= 0.3 is 11.9 Å². The minimum Gasteiger partial charge on any atom is -0.507 e. The fourth-order valence-electron chi connectivity index (χ4n) is 1.59. The Morgan fingerprint density at radius 2 is 1.60 bits per heavy atom. The van der Waals surface area contributed by atoms with Crippen LogP contribution < -0.4 is 4.74 Å². The number of aromatic hydroxyl groups is 1. The lowest BCUT2D eigenvalue weighted by atomic mass is 10.2. The van der Waals surface area contributed by atoms with E-state index in [1.54, 1.807) is 12.1 Å². The molecule has 2 rings (SSSR count). The molecule has 0 radical (unpaired) electrons. The quantitative estimate of drug-likeness (QED) is 0.686. The molecule has 2 aromatic carbocycles. The molecule has 0 aromatic heterocycles. The Kier molecular flexibility index (Phi) is 4.00. The summed E-state index contributed by atoms with van der Waals surface area (Å²) in [6.45, 7) is 0. The first-order valence-corrected chi connectivity index (χ1v) is 5.80. The average molecular weight is 272 g/mol. The number of rotatable bonds is 3. The summed E-state index contributed by atoms with van der Waals surface area (Å²) in [4.78, 5) is 23.1. The number of para-hydroxylation sites is 1. The van der Waals surface area contributed by atoms with Crippen molar-refractivity contribution in [3.05, 3.63) is 59.7 Å². The number of hydrogen-bond donors (Lipinski definition) is 1. The standard InChI is InChI=1S/C15H12O5/c1-19-14(17)10-6-8-11(9-7-10)20-15(18)12-4-2-3-5-13(12)16/h2-9,16H,1H3. The van der Waals surface area contributed by atoms with Crippen molar-refractivity contribution in [2.24, 2.45) is 0 Å². The Balaban J connectivity index is 2.13. The van der Waals surface area contributed by atoms with E-state index in [-0.39, 0.29) is 17.1 Å². The van der Waals surface area contributed by atoms with Crippen LogP contribution in [0.25, 0.3) is 0 Å². The topological polar surface area (TPSA) is 72.8 Å². The van der Waals surface area contributed by atoms with Gasteiger partial charge in [-0.15, -0.1) is 0 Å². The van der Waals surface area contributed by atoms with Crippen LogP contribution in [-0.2, 0) is 4.74 Å². The van der Waals surface area contributed by atoms with Gasteiger partial charge in [-0.05, 0) is 36.4 Å². The van der Waals surface area contributed by atoms with Gasteiger partial charge in [0.15, 0.2) is 0 Å². The molecule has 2 aromatic rings. The van der Waals surface area contributed by atoms with Crippen molar-refractivity contribution in [2.45, 2.75) is 0 Å². The van der Waals surface area contributed by atoms with Gasteiger partial charge in [-0.1, -0.05) is 12.1 Å². The van der Waals surface area contributed by atoms with E-state index < -0.39 is 11.9 Å². The molecule has 102 valence electrons. The molecular weight excluding hydrogens is 260 g/mol. The summed E-state index contributed by atoms with van der Waals surface area (Å²) in [6.07, 6.45) is 0. The smallest absolute Gasteiger partial charge is 0.347 e. The van der Waals surface area contributed by atoms with E-state index in [9.17, 15) is 14.7 Å². The number of phenolic OH excluding ortho intramolecular Hbond substituents is 1. The molecule has 0 aliphatic heterocycles. The highest BCUT2D eigenvalue weighted by atomic mass is 16.5. The lowest BCUT2D eigenvalue weighted by Gasteiger charge is -2.06. The van der Waals surface area contributed by atoms with Crippen molar-refractivity contribution < 1.29 is 24.2 Å². The number of phenols is 1. The Bertz CT molecular complexity index is 631. The molecule has 0 heterocycles. The van der Waals surface area contributed by atoms with Crippen molar-refractivity contribution in [1.82, 2.24) is 0 Å². The molecule has 1 N–H and O–H groups in total. The summed E-state index contributed by atoms with van der Waals surface area (Å²) in [6, 6.07) is 12.0. The Hall–Kier alpha value is -2.82. The first-order chi connectivity index (χ1) is 9.61. The third-order valence-corrected chi connectivity index (χ3v) is 2.61. The van der Waals surface area contributed by atoms with E-state index in [4.69, 9.17) is 4.74 Å². The Morgan fingerprint density at radius 3 is 2.20 bits per heavy atom. The number of carbonyl (C=O) groups excluding carboxylic acids is 2. The summed E-state index contributed by atoms with van der Waals surface area (Å²) < 4.78 is 9.66. The highest BCUT2D eigenvalue weighted by molar-refractivity contribution is 5.94. The van der Waals surface area contributed by atoms with Crippen molar-refractivity contribution in [3.63, 3.8) is 0 Å². The molecule has 0 saturated heterocycles. The van der Waals surface area contributed by atoms with Crippen molar-refractivity contribution in [2.75, 3.05) is 7.11 Å². The minimum absolute atomic E-state index is 0.0737. The SMILES string of the molecule is COC(=O)c1ccc(OC(=O)c2ccccc2O)cc1. The molecule has 0 aliphatic rings. The molecule has 0 unspecified atom stereocenters. The summed E-state index contributed by atoms with van der Waals surface area (Å²) in [5.74, 6) is -1.02. The monoisotopic (exact) mass is 272 g/mol. The molecule has 0 fully saturated rings. The van der Waals surface area contributed by atoms with Crippen LogP contribution in [0, 0.1) is 0 Å². The van der Waals surface area contributed by atoms with Crippen LogP contribution in [0.1, 0.15) is 20.7 Å². The second-order valence-corrected chi connectivity index (χ2v) is 3.92. The largest absolute Gasteiger partial charge is 0.507 e. The van der Waals surface area contributed by atoms with Gasteiger partial charge in [-0.2, -0.15) is 0 Å². The highest BCUT2D eigenvalue weighted by Crippen LogP contribution is 2.19. The molecule has 5 nitrogen and oxygen atoms in total. The average Bonchev–Trinajstić information content (AvgIpc) is 2.47. The third-order valence-electron chi connectivity index (χ3n) is 2.61. The molecule has 0 aliphatic carbocycles. The molecule has 0 spiro atoms. The van der Waals surface area contributed by atoms with E-state index in [1.807, 2.05) is 0 Å². The molecule has 0 amide bonds. The Morgan fingerprint density at radius 1 is 0.950 bits per heavy atom. The van der Waals surface area contributed by atoms with Crippen molar-refractivity contribution in [3.8, 4) is 11.5 Å². The van der Waals surface area contributed by atoms with Gasteiger partial charge in [0.2, 0.25) is 0 Å². The first kappa shape index (κ1) is 13.6. The maximum atomic E-state index is 11.8. The zero-order valence-corrected chi connectivity index (χ0v) is 10.7. The molecule has 20 heavy (non-hydrogen) atoms. The lowest BCUT2D eigenvalue weighted by molar-refractivity contribution is 0.0600. The fourth-order valence-corrected chi connectivity index (χ4v) is 1.59. The maximum absolute atomic E-state index is 11.8. The van der Waals surface area contributed by atoms with Crippen LogP contribution in [0.5, 0.6) is 11.5 Å². The van der Waals surface area contributed by atoms with Gasteiger partial charge in [0.1, 0.15) is 17.1 Å². The van der Waals surface area contributed by atoms with E-state index in [0.29, 0.717) is 5.56 Å². The number of benzene rings is 2. The van der Waals surface area contributed by atoms with Crippen molar-refractivity contribution in [1.29, 1.82) is 0 Å². The molecule has 0 saturated carbocycles. The maximum Gasteiger partial charge on any atom is 0.347 e. The normalized spacial score (nSPS) is 9.85. The fraction of sp³-hybridized carbons (Fsp3) is 0.0667. The molecular formula is C15H12O5. The van der Waals surface area contributed by atoms with Crippen LogP contribution in [-0.4, -0.2) is 24.2 Å². The van der Waals surface area contributed by atoms with Crippen LogP contribution in [0.4, 0.5) is 0 Å². The second kappa shape index (κ2) is 5.88. The summed E-state index contributed by atoms with van der Waals surface area (Å²) >= 11 is 0. The van der Waals surface area contributed by atoms with Gasteiger partial charge in [-0.3, -0.25) is 0 Å². The number of methoxy groups -OCH3 is 1. The van der Waals surface area contributed by atoms with Gasteiger partial charge in [0.05, 0.1) is 12.7 Å². The first-order valence-electron chi connectivity index (χ1n) is 5.80. The lowest BCUT2D eigenvalue weighted by Crippen LogP contribution is -2.09. The molecule has 5 heteroatoms. The predicted octanol–water partition coefficient (Wildman–Crippen LogP) is 2.40. The summed E-state index contributed by atoms with van der Waals surface area (Å²) in [7, 11) is 1.29. The van der Waals surface area contributed by atoms with Gasteiger partial charge in [0, 0.05) is 0 Å². The van der Waals surface area contributed by atoms with Crippen LogP contribution in [0.3, 0.4) is 0 Å². The third kappa shape index (κ3) is 2.95. The number of ether oxygens (including phenoxy) is 2. The predicted molar refractivity (Wildman–Crippen MR) is 70.8 cm³/mol. The number of hydrogen-bond acceptors (Lipinski definition) is 5. The second-order valence-electron chi connectivity index (χ2n) is 3.92. The van der Waals surface area contributed by atoms with Crippen LogP contribution in [0.15, 0.2) is 48.5 Å². The van der Waals surface area contributed by atoms with Crippen LogP contribution >= 0.6 is 0 Å². The van der Waals surface area contributed by atoms with E-state index in [0.717, 1.165) is 0 Å². The number of carbonyl (C=O) groups is 2. The molecule has 0 atom stereocenters. The zero-order chi connectivity index (χ0) is 14.5. The zero-order valence-electron chi connectivity index (χ0n) is 10.7. The minimum atomic E-state index is -0.672. The van der Waals surface area contributed by atoms with E-state index >= 15 is 0 Å². The molecule has 0 bridgehead atoms. The number of esters is 2. The van der Waals surface area contributed by atoms with Gasteiger partial charge in [0.25, 0.3) is 0 Å². The van der Waals surface area contributed by atoms with E-state index in [2.05, 4.69) is 4.74 Å². The van der Waals surface area contributed by atoms with Gasteiger partial charge < -0.3 is 14.6 Å².